The average molecular weight is 613 g/mol. The lowest BCUT2D eigenvalue weighted by molar-refractivity contribution is -0.163. The highest BCUT2D eigenvalue weighted by Crippen LogP contribution is 2.14. The van der Waals surface area contributed by atoms with Gasteiger partial charge in [0.1, 0.15) is 6.61 Å². The van der Waals surface area contributed by atoms with Crippen LogP contribution in [0.3, 0.4) is 0 Å². The molecule has 2 atom stereocenters. The summed E-state index contributed by atoms with van der Waals surface area (Å²) in [5.41, 5.74) is 0. The number of hydrogen-bond acceptors (Lipinski definition) is 6. The SMILES string of the molecule is CCCCCCCCCCCCCC(=O)OCC(COCCC(C)OCC)OC(=O)CCCCCCCCCCCCC. The molecule has 0 saturated heterocycles. The Morgan fingerprint density at radius 2 is 0.953 bits per heavy atom. The van der Waals surface area contributed by atoms with Crippen LogP contribution in [0.4, 0.5) is 0 Å². The first-order chi connectivity index (χ1) is 21.0. The van der Waals surface area contributed by atoms with E-state index in [2.05, 4.69) is 13.8 Å². The molecule has 0 saturated carbocycles. The van der Waals surface area contributed by atoms with Crippen LogP contribution in [0, 0.1) is 0 Å². The maximum atomic E-state index is 12.5. The zero-order valence-corrected chi connectivity index (χ0v) is 29.1. The third-order valence-electron chi connectivity index (χ3n) is 8.12. The van der Waals surface area contributed by atoms with Crippen molar-refractivity contribution in [3.05, 3.63) is 0 Å². The lowest BCUT2D eigenvalue weighted by Gasteiger charge is -2.19. The van der Waals surface area contributed by atoms with Crippen LogP contribution >= 0.6 is 0 Å². The van der Waals surface area contributed by atoms with Gasteiger partial charge >= 0.3 is 11.9 Å². The Morgan fingerprint density at radius 1 is 0.535 bits per heavy atom. The second-order valence-electron chi connectivity index (χ2n) is 12.5. The van der Waals surface area contributed by atoms with Gasteiger partial charge in [0.25, 0.3) is 0 Å². The maximum Gasteiger partial charge on any atom is 0.306 e. The minimum Gasteiger partial charge on any atom is -0.462 e. The number of unbranched alkanes of at least 4 members (excludes halogenated alkanes) is 20. The van der Waals surface area contributed by atoms with Crippen LogP contribution in [0.15, 0.2) is 0 Å². The Morgan fingerprint density at radius 3 is 1.40 bits per heavy atom. The number of carbonyl (C=O) groups is 2. The lowest BCUT2D eigenvalue weighted by atomic mass is 10.1. The van der Waals surface area contributed by atoms with Crippen LogP contribution in [0.2, 0.25) is 0 Å². The van der Waals surface area contributed by atoms with Gasteiger partial charge in [-0.15, -0.1) is 0 Å². The quantitative estimate of drug-likeness (QED) is 0.0532. The maximum absolute atomic E-state index is 12.5. The molecule has 0 rings (SSSR count). The molecule has 2 unspecified atom stereocenters. The van der Waals surface area contributed by atoms with Crippen LogP contribution in [-0.2, 0) is 28.5 Å². The molecule has 0 aromatic rings. The summed E-state index contributed by atoms with van der Waals surface area (Å²) in [6.07, 6.45) is 28.5. The first-order valence-corrected chi connectivity index (χ1v) is 18.6. The fourth-order valence-corrected chi connectivity index (χ4v) is 5.32. The first-order valence-electron chi connectivity index (χ1n) is 18.6. The van der Waals surface area contributed by atoms with Crippen LogP contribution in [0.25, 0.3) is 0 Å². The molecule has 0 aliphatic heterocycles. The number of esters is 2. The summed E-state index contributed by atoms with van der Waals surface area (Å²) >= 11 is 0. The van der Waals surface area contributed by atoms with Gasteiger partial charge < -0.3 is 18.9 Å². The standard InChI is InChI=1S/C37H72O6/c1-5-8-10-12-14-16-18-20-22-24-26-28-36(38)42-33-35(32-40-31-30-34(4)41-7-3)43-37(39)29-27-25-23-21-19-17-15-13-11-9-6-2/h34-35H,5-33H2,1-4H3. The molecule has 0 aliphatic rings. The van der Waals surface area contributed by atoms with Crippen molar-refractivity contribution in [2.24, 2.45) is 0 Å². The molecule has 0 aromatic heterocycles. The van der Waals surface area contributed by atoms with Gasteiger partial charge in [0.15, 0.2) is 6.10 Å². The zero-order chi connectivity index (χ0) is 31.6. The van der Waals surface area contributed by atoms with Crippen molar-refractivity contribution in [1.82, 2.24) is 0 Å². The van der Waals surface area contributed by atoms with Crippen molar-refractivity contribution in [3.8, 4) is 0 Å². The third-order valence-corrected chi connectivity index (χ3v) is 8.12. The molecule has 6 nitrogen and oxygen atoms in total. The summed E-state index contributed by atoms with van der Waals surface area (Å²) < 4.78 is 22.5. The Balaban J connectivity index is 4.14. The molecule has 6 heteroatoms. The molecule has 256 valence electrons. The number of carbonyl (C=O) groups excluding carboxylic acids is 2. The van der Waals surface area contributed by atoms with E-state index in [4.69, 9.17) is 18.9 Å². The highest BCUT2D eigenvalue weighted by atomic mass is 16.6. The van der Waals surface area contributed by atoms with Crippen molar-refractivity contribution in [2.75, 3.05) is 26.4 Å². The van der Waals surface area contributed by atoms with Crippen LogP contribution < -0.4 is 0 Å². The third kappa shape index (κ3) is 32.1. The van der Waals surface area contributed by atoms with E-state index in [1.54, 1.807) is 0 Å². The predicted molar refractivity (Wildman–Crippen MR) is 180 cm³/mol. The molecule has 0 fully saturated rings. The summed E-state index contributed by atoms with van der Waals surface area (Å²) in [6.45, 7) is 9.99. The molecule has 0 aromatic carbocycles. The predicted octanol–water partition coefficient (Wildman–Crippen LogP) is 10.7. The lowest BCUT2D eigenvalue weighted by Crippen LogP contribution is -2.30. The summed E-state index contributed by atoms with van der Waals surface area (Å²) in [5.74, 6) is -0.444. The van der Waals surface area contributed by atoms with Crippen molar-refractivity contribution in [1.29, 1.82) is 0 Å². The van der Waals surface area contributed by atoms with Gasteiger partial charge in [0.05, 0.1) is 12.7 Å². The van der Waals surface area contributed by atoms with Gasteiger partial charge in [0.2, 0.25) is 0 Å². The normalized spacial score (nSPS) is 12.7. The summed E-state index contributed by atoms with van der Waals surface area (Å²) in [5, 5.41) is 0. The van der Waals surface area contributed by atoms with Crippen LogP contribution in [0.1, 0.15) is 188 Å². The molecule has 0 bridgehead atoms. The molecule has 43 heavy (non-hydrogen) atoms. The van der Waals surface area contributed by atoms with Crippen molar-refractivity contribution in [2.45, 2.75) is 200 Å². The summed E-state index contributed by atoms with van der Waals surface area (Å²) in [4.78, 5) is 24.9. The van der Waals surface area contributed by atoms with E-state index in [-0.39, 0.29) is 31.3 Å². The van der Waals surface area contributed by atoms with E-state index in [1.807, 2.05) is 13.8 Å². The molecular formula is C37H72O6. The van der Waals surface area contributed by atoms with E-state index in [1.165, 1.54) is 116 Å². The van der Waals surface area contributed by atoms with E-state index in [9.17, 15) is 9.59 Å². The molecule has 0 amide bonds. The van der Waals surface area contributed by atoms with E-state index >= 15 is 0 Å². The monoisotopic (exact) mass is 613 g/mol. The summed E-state index contributed by atoms with van der Waals surface area (Å²) in [7, 11) is 0. The Labute approximate surface area is 267 Å². The molecule has 0 heterocycles. The fraction of sp³-hybridized carbons (Fsp3) is 0.946. The Bertz CT molecular complexity index is 596. The van der Waals surface area contributed by atoms with Gasteiger partial charge in [-0.1, -0.05) is 142 Å². The molecule has 0 aliphatic carbocycles. The molecular weight excluding hydrogens is 540 g/mol. The smallest absolute Gasteiger partial charge is 0.306 e. The second-order valence-corrected chi connectivity index (χ2v) is 12.5. The van der Waals surface area contributed by atoms with Crippen molar-refractivity contribution in [3.63, 3.8) is 0 Å². The highest BCUT2D eigenvalue weighted by Gasteiger charge is 2.18. The van der Waals surface area contributed by atoms with Gasteiger partial charge in [-0.05, 0) is 33.1 Å². The Hall–Kier alpha value is -1.14. The van der Waals surface area contributed by atoms with Crippen molar-refractivity contribution < 1.29 is 28.5 Å². The number of hydrogen-bond donors (Lipinski definition) is 0. The number of ether oxygens (including phenoxy) is 4. The van der Waals surface area contributed by atoms with E-state index < -0.39 is 6.10 Å². The minimum atomic E-state index is -0.566. The number of rotatable bonds is 34. The average Bonchev–Trinajstić information content (AvgIpc) is 2.99. The van der Waals surface area contributed by atoms with E-state index in [0.717, 1.165) is 32.1 Å². The van der Waals surface area contributed by atoms with Gasteiger partial charge in [-0.2, -0.15) is 0 Å². The topological polar surface area (TPSA) is 71.1 Å². The van der Waals surface area contributed by atoms with Crippen LogP contribution in [-0.4, -0.2) is 50.6 Å². The second kappa shape index (κ2) is 33.7. The van der Waals surface area contributed by atoms with Gasteiger partial charge in [0, 0.05) is 26.1 Å². The van der Waals surface area contributed by atoms with Crippen LogP contribution in [0.5, 0.6) is 0 Å². The molecule has 0 spiro atoms. The largest absolute Gasteiger partial charge is 0.462 e. The molecule has 0 N–H and O–H groups in total. The minimum absolute atomic E-state index is 0.0574. The zero-order valence-electron chi connectivity index (χ0n) is 29.1. The Kier molecular flexibility index (Phi) is 32.9. The van der Waals surface area contributed by atoms with Gasteiger partial charge in [-0.25, -0.2) is 0 Å². The fourth-order valence-electron chi connectivity index (χ4n) is 5.32. The molecule has 0 radical (unpaired) electrons. The van der Waals surface area contributed by atoms with Gasteiger partial charge in [-0.3, -0.25) is 9.59 Å². The highest BCUT2D eigenvalue weighted by molar-refractivity contribution is 5.70. The van der Waals surface area contributed by atoms with E-state index in [0.29, 0.717) is 26.1 Å². The summed E-state index contributed by atoms with van der Waals surface area (Å²) in [6, 6.07) is 0. The first kappa shape index (κ1) is 41.9. The van der Waals surface area contributed by atoms with Crippen molar-refractivity contribution >= 4 is 11.9 Å².